The van der Waals surface area contributed by atoms with E-state index in [-0.39, 0.29) is 4.90 Å². The molecule has 120 valence electrons. The first kappa shape index (κ1) is 17.9. The molecule has 0 aliphatic carbocycles. The van der Waals surface area contributed by atoms with Crippen molar-refractivity contribution in [2.75, 3.05) is 52.9 Å². The highest BCUT2D eigenvalue weighted by molar-refractivity contribution is 7.89. The van der Waals surface area contributed by atoms with Crippen molar-refractivity contribution in [1.29, 1.82) is 0 Å². The van der Waals surface area contributed by atoms with Gasteiger partial charge < -0.3 is 14.8 Å². The van der Waals surface area contributed by atoms with Gasteiger partial charge in [0.1, 0.15) is 4.90 Å². The van der Waals surface area contributed by atoms with Crippen LogP contribution in [0, 0.1) is 0 Å². The third kappa shape index (κ3) is 5.62. The summed E-state index contributed by atoms with van der Waals surface area (Å²) in [5.74, 6) is 0. The smallest absolute Gasteiger partial charge is 0.244 e. The predicted molar refractivity (Wildman–Crippen MR) is 83.1 cm³/mol. The molecule has 1 aromatic rings. The molecule has 0 spiro atoms. The average Bonchev–Trinajstić information content (AvgIpc) is 2.46. The van der Waals surface area contributed by atoms with Gasteiger partial charge in [-0.25, -0.2) is 12.7 Å². The number of hydrogen-bond donors (Lipinski definition) is 1. The lowest BCUT2D eigenvalue weighted by Gasteiger charge is -2.16. The lowest BCUT2D eigenvalue weighted by Crippen LogP contribution is -2.23. The first-order valence-corrected chi connectivity index (χ1v) is 8.26. The molecule has 0 amide bonds. The Bertz CT molecular complexity index is 517. The van der Waals surface area contributed by atoms with E-state index in [0.29, 0.717) is 32.1 Å². The monoisotopic (exact) mass is 316 g/mol. The van der Waals surface area contributed by atoms with Gasteiger partial charge in [-0.05, 0) is 18.6 Å². The molecule has 0 heterocycles. The van der Waals surface area contributed by atoms with E-state index < -0.39 is 10.0 Å². The number of benzene rings is 1. The normalized spacial score (nSPS) is 11.8. The Hall–Kier alpha value is -1.15. The molecule has 0 radical (unpaired) electrons. The minimum Gasteiger partial charge on any atom is -0.384 e. The molecule has 6 nitrogen and oxygen atoms in total. The van der Waals surface area contributed by atoms with E-state index in [2.05, 4.69) is 5.32 Å². The Balaban J connectivity index is 2.53. The SMILES string of the molecule is COCCOCCCNc1ccccc1S(=O)(=O)N(C)C. The number of anilines is 1. The van der Waals surface area contributed by atoms with Crippen LogP contribution < -0.4 is 5.32 Å². The molecule has 0 atom stereocenters. The average molecular weight is 316 g/mol. The summed E-state index contributed by atoms with van der Waals surface area (Å²) in [7, 11) is 1.24. The molecular formula is C14H24N2O4S. The van der Waals surface area contributed by atoms with Gasteiger partial charge in [-0.1, -0.05) is 12.1 Å². The van der Waals surface area contributed by atoms with Gasteiger partial charge in [0.15, 0.2) is 0 Å². The Morgan fingerprint density at radius 1 is 1.14 bits per heavy atom. The third-order valence-corrected chi connectivity index (χ3v) is 4.73. The van der Waals surface area contributed by atoms with Gasteiger partial charge in [0.05, 0.1) is 18.9 Å². The summed E-state index contributed by atoms with van der Waals surface area (Å²) in [6, 6.07) is 6.90. The summed E-state index contributed by atoms with van der Waals surface area (Å²) < 4.78 is 35.9. The summed E-state index contributed by atoms with van der Waals surface area (Å²) >= 11 is 0. The Kier molecular flexibility index (Phi) is 7.66. The highest BCUT2D eigenvalue weighted by Crippen LogP contribution is 2.22. The zero-order valence-corrected chi connectivity index (χ0v) is 13.6. The van der Waals surface area contributed by atoms with Crippen LogP contribution in [0.4, 0.5) is 5.69 Å². The zero-order valence-electron chi connectivity index (χ0n) is 12.8. The maximum atomic E-state index is 12.2. The van der Waals surface area contributed by atoms with Crippen molar-refractivity contribution in [3.63, 3.8) is 0 Å². The fourth-order valence-electron chi connectivity index (χ4n) is 1.68. The van der Waals surface area contributed by atoms with E-state index in [1.807, 2.05) is 6.07 Å². The van der Waals surface area contributed by atoms with E-state index in [1.165, 1.54) is 18.4 Å². The number of nitrogens with one attached hydrogen (secondary N) is 1. The van der Waals surface area contributed by atoms with Gasteiger partial charge in [-0.15, -0.1) is 0 Å². The van der Waals surface area contributed by atoms with Gasteiger partial charge in [-0.2, -0.15) is 0 Å². The Morgan fingerprint density at radius 2 is 1.86 bits per heavy atom. The fourth-order valence-corrected chi connectivity index (χ4v) is 2.74. The van der Waals surface area contributed by atoms with E-state index in [0.717, 1.165) is 6.42 Å². The quantitative estimate of drug-likeness (QED) is 0.661. The maximum absolute atomic E-state index is 12.2. The van der Waals surface area contributed by atoms with Crippen LogP contribution in [0.2, 0.25) is 0 Å². The summed E-state index contributed by atoms with van der Waals surface area (Å²) in [6.45, 7) is 2.41. The highest BCUT2D eigenvalue weighted by atomic mass is 32.2. The van der Waals surface area contributed by atoms with Crippen molar-refractivity contribution >= 4 is 15.7 Å². The second-order valence-corrected chi connectivity index (χ2v) is 6.79. The largest absolute Gasteiger partial charge is 0.384 e. The van der Waals surface area contributed by atoms with E-state index in [9.17, 15) is 8.42 Å². The molecule has 0 bridgehead atoms. The number of para-hydroxylation sites is 1. The molecule has 1 aromatic carbocycles. The third-order valence-electron chi connectivity index (χ3n) is 2.86. The molecule has 1 N–H and O–H groups in total. The minimum absolute atomic E-state index is 0.287. The Labute approximate surface area is 127 Å². The second-order valence-electron chi connectivity index (χ2n) is 4.67. The zero-order chi connectivity index (χ0) is 15.7. The van der Waals surface area contributed by atoms with Crippen LogP contribution in [0.3, 0.4) is 0 Å². The predicted octanol–water partition coefficient (Wildman–Crippen LogP) is 1.40. The van der Waals surface area contributed by atoms with Gasteiger partial charge in [0.2, 0.25) is 10.0 Å². The number of rotatable bonds is 10. The van der Waals surface area contributed by atoms with E-state index >= 15 is 0 Å². The molecular weight excluding hydrogens is 292 g/mol. The van der Waals surface area contributed by atoms with Crippen molar-refractivity contribution in [2.24, 2.45) is 0 Å². The van der Waals surface area contributed by atoms with Crippen molar-refractivity contribution in [3.8, 4) is 0 Å². The number of sulfonamides is 1. The van der Waals surface area contributed by atoms with Crippen LogP contribution in [0.5, 0.6) is 0 Å². The maximum Gasteiger partial charge on any atom is 0.244 e. The molecule has 0 fully saturated rings. The topological polar surface area (TPSA) is 67.9 Å². The molecule has 1 rings (SSSR count). The van der Waals surface area contributed by atoms with Crippen molar-refractivity contribution < 1.29 is 17.9 Å². The van der Waals surface area contributed by atoms with Crippen LogP contribution >= 0.6 is 0 Å². The number of ether oxygens (including phenoxy) is 2. The first-order valence-electron chi connectivity index (χ1n) is 6.82. The summed E-state index contributed by atoms with van der Waals surface area (Å²) in [5.41, 5.74) is 0.614. The first-order chi connectivity index (χ1) is 10.00. The summed E-state index contributed by atoms with van der Waals surface area (Å²) in [6.07, 6.45) is 0.792. The molecule has 0 aromatic heterocycles. The summed E-state index contributed by atoms with van der Waals surface area (Å²) in [5, 5.41) is 3.15. The highest BCUT2D eigenvalue weighted by Gasteiger charge is 2.20. The number of hydrogen-bond acceptors (Lipinski definition) is 5. The van der Waals surface area contributed by atoms with Crippen LogP contribution in [-0.2, 0) is 19.5 Å². The standard InChI is InChI=1S/C14H24N2O4S/c1-16(2)21(17,18)14-8-5-4-7-13(14)15-9-6-10-20-12-11-19-3/h4-5,7-8,15H,6,9-12H2,1-3H3. The number of nitrogens with zero attached hydrogens (tertiary/aromatic N) is 1. The second kappa shape index (κ2) is 8.99. The van der Waals surface area contributed by atoms with Crippen molar-refractivity contribution in [3.05, 3.63) is 24.3 Å². The molecule has 0 saturated carbocycles. The fraction of sp³-hybridized carbons (Fsp3) is 0.571. The Morgan fingerprint density at radius 3 is 2.52 bits per heavy atom. The van der Waals surface area contributed by atoms with Crippen LogP contribution in [-0.4, -0.2) is 60.3 Å². The molecule has 0 saturated heterocycles. The van der Waals surface area contributed by atoms with Gasteiger partial charge in [0, 0.05) is 34.4 Å². The summed E-state index contributed by atoms with van der Waals surface area (Å²) in [4.78, 5) is 0.287. The molecule has 7 heteroatoms. The van der Waals surface area contributed by atoms with E-state index in [4.69, 9.17) is 9.47 Å². The molecule has 0 aliphatic rings. The minimum atomic E-state index is -3.44. The number of methoxy groups -OCH3 is 1. The van der Waals surface area contributed by atoms with Gasteiger partial charge in [0.25, 0.3) is 0 Å². The van der Waals surface area contributed by atoms with Crippen LogP contribution in [0.25, 0.3) is 0 Å². The van der Waals surface area contributed by atoms with E-state index in [1.54, 1.807) is 25.3 Å². The lowest BCUT2D eigenvalue weighted by molar-refractivity contribution is 0.0705. The lowest BCUT2D eigenvalue weighted by atomic mass is 10.3. The van der Waals surface area contributed by atoms with Crippen molar-refractivity contribution in [1.82, 2.24) is 4.31 Å². The van der Waals surface area contributed by atoms with Crippen LogP contribution in [0.15, 0.2) is 29.2 Å². The molecule has 21 heavy (non-hydrogen) atoms. The van der Waals surface area contributed by atoms with Gasteiger partial charge >= 0.3 is 0 Å². The van der Waals surface area contributed by atoms with Crippen molar-refractivity contribution in [2.45, 2.75) is 11.3 Å². The van der Waals surface area contributed by atoms with Crippen LogP contribution in [0.1, 0.15) is 6.42 Å². The molecule has 0 aliphatic heterocycles. The van der Waals surface area contributed by atoms with Gasteiger partial charge in [-0.3, -0.25) is 0 Å². The molecule has 0 unspecified atom stereocenters.